The summed E-state index contributed by atoms with van der Waals surface area (Å²) >= 11 is 0. The summed E-state index contributed by atoms with van der Waals surface area (Å²) in [6, 6.07) is 8.24. The number of benzene rings is 1. The Hall–Kier alpha value is -1.84. The highest BCUT2D eigenvalue weighted by Gasteiger charge is 2.45. The topological polar surface area (TPSA) is 53.8 Å². The van der Waals surface area contributed by atoms with Crippen molar-refractivity contribution in [2.24, 2.45) is 0 Å². The van der Waals surface area contributed by atoms with Gasteiger partial charge in [0, 0.05) is 29.8 Å². The minimum absolute atomic E-state index is 0.116. The first-order valence-electron chi connectivity index (χ1n) is 9.45. The lowest BCUT2D eigenvalue weighted by Gasteiger charge is -2.36. The van der Waals surface area contributed by atoms with Gasteiger partial charge in [0.15, 0.2) is 11.3 Å². The van der Waals surface area contributed by atoms with Crippen LogP contribution in [0.4, 0.5) is 5.69 Å². The van der Waals surface area contributed by atoms with Crippen LogP contribution in [0.25, 0.3) is 0 Å². The van der Waals surface area contributed by atoms with Crippen molar-refractivity contribution in [3.63, 3.8) is 0 Å². The quantitative estimate of drug-likeness (QED) is 0.740. The molecule has 0 spiro atoms. The van der Waals surface area contributed by atoms with Crippen molar-refractivity contribution in [1.29, 1.82) is 0 Å². The number of fused-ring (bicyclic) bond motifs is 3. The molecule has 0 N–H and O–H groups in total. The Kier molecular flexibility index (Phi) is 4.36. The maximum absolute atomic E-state index is 13.5. The fourth-order valence-corrected chi connectivity index (χ4v) is 5.21. The van der Waals surface area contributed by atoms with Crippen molar-refractivity contribution >= 4 is 24.2 Å². The summed E-state index contributed by atoms with van der Waals surface area (Å²) < 4.78 is 18.2. The number of hydrogen-bond acceptors (Lipinski definition) is 4. The van der Waals surface area contributed by atoms with Crippen LogP contribution < -0.4 is 10.4 Å². The van der Waals surface area contributed by atoms with Gasteiger partial charge in [-0.15, -0.1) is 0 Å². The molecule has 5 nitrogen and oxygen atoms in total. The highest BCUT2D eigenvalue weighted by atomic mass is 31.2. The van der Waals surface area contributed by atoms with Gasteiger partial charge in [0.25, 0.3) is 5.91 Å². The van der Waals surface area contributed by atoms with Gasteiger partial charge in [-0.2, -0.15) is 0 Å². The number of hydrogen-bond donors (Lipinski definition) is 0. The molecular weight excluding hydrogens is 359 g/mol. The number of furan rings is 1. The highest BCUT2D eigenvalue weighted by molar-refractivity contribution is 7.69. The van der Waals surface area contributed by atoms with Crippen LogP contribution in [0.5, 0.6) is 0 Å². The van der Waals surface area contributed by atoms with Gasteiger partial charge in [-0.3, -0.25) is 4.79 Å². The van der Waals surface area contributed by atoms with Crippen molar-refractivity contribution in [2.45, 2.75) is 32.2 Å². The van der Waals surface area contributed by atoms with E-state index in [1.54, 1.807) is 19.4 Å². The summed E-state index contributed by atoms with van der Waals surface area (Å²) in [6.07, 6.45) is 0.938. The molecule has 1 saturated heterocycles. The van der Waals surface area contributed by atoms with Gasteiger partial charge in [0.1, 0.15) is 7.14 Å². The third kappa shape index (κ3) is 3.07. The third-order valence-electron chi connectivity index (χ3n) is 5.80. The zero-order valence-corrected chi connectivity index (χ0v) is 17.5. The van der Waals surface area contributed by atoms with Crippen LogP contribution in [0.2, 0.25) is 0 Å². The fraction of sp³-hybridized carbons (Fsp3) is 0.476. The molecule has 0 saturated carbocycles. The lowest BCUT2D eigenvalue weighted by molar-refractivity contribution is 0.0938. The molecule has 1 aromatic heterocycles. The Balaban J connectivity index is 1.78. The second-order valence-electron chi connectivity index (χ2n) is 8.41. The maximum atomic E-state index is 13.5. The van der Waals surface area contributed by atoms with Gasteiger partial charge in [0.05, 0.1) is 0 Å². The van der Waals surface area contributed by atoms with Crippen molar-refractivity contribution < 1.29 is 13.8 Å². The molecule has 0 bridgehead atoms. The lowest BCUT2D eigenvalue weighted by atomic mass is 9.89. The SMILES string of the molecule is Cc1ccc2c(c1)C1CN(C)CCC1N2C(=O)c1oc(P(C)(C)=O)cc1C. The third-order valence-corrected chi connectivity index (χ3v) is 7.08. The molecule has 2 unspecified atom stereocenters. The first kappa shape index (κ1) is 18.5. The van der Waals surface area contributed by atoms with Gasteiger partial charge in [-0.1, -0.05) is 17.7 Å². The first-order valence-corrected chi connectivity index (χ1v) is 12.1. The standard InChI is InChI=1S/C21H27N2O3P/c1-13-6-7-17-15(10-13)16-12-22(3)9-8-18(16)23(17)21(24)20-14(2)11-19(26-20)27(4,5)25/h6-7,10-11,16,18H,8-9,12H2,1-5H3. The predicted molar refractivity (Wildman–Crippen MR) is 109 cm³/mol. The van der Waals surface area contributed by atoms with Gasteiger partial charge in [0.2, 0.25) is 0 Å². The average molecular weight is 386 g/mol. The van der Waals surface area contributed by atoms with Crippen molar-refractivity contribution in [3.8, 4) is 0 Å². The summed E-state index contributed by atoms with van der Waals surface area (Å²) in [6.45, 7) is 9.20. The lowest BCUT2D eigenvalue weighted by Crippen LogP contribution is -2.47. The molecule has 1 amide bonds. The number of anilines is 1. The maximum Gasteiger partial charge on any atom is 0.294 e. The summed E-state index contributed by atoms with van der Waals surface area (Å²) in [5.74, 6) is 0.523. The molecule has 0 aliphatic carbocycles. The summed E-state index contributed by atoms with van der Waals surface area (Å²) in [4.78, 5) is 17.8. The van der Waals surface area contributed by atoms with E-state index >= 15 is 0 Å². The number of carbonyl (C=O) groups excluding carboxylic acids is 1. The van der Waals surface area contributed by atoms with Crippen LogP contribution in [0.15, 0.2) is 28.7 Å². The molecule has 2 aromatic rings. The van der Waals surface area contributed by atoms with E-state index in [2.05, 4.69) is 37.1 Å². The van der Waals surface area contributed by atoms with Crippen LogP contribution in [0.3, 0.4) is 0 Å². The molecule has 144 valence electrons. The minimum atomic E-state index is -2.55. The predicted octanol–water partition coefficient (Wildman–Crippen LogP) is 3.59. The van der Waals surface area contributed by atoms with Crippen LogP contribution in [-0.4, -0.2) is 50.3 Å². The van der Waals surface area contributed by atoms with E-state index in [1.165, 1.54) is 11.1 Å². The molecule has 4 rings (SSSR count). The molecule has 2 aliphatic rings. The van der Waals surface area contributed by atoms with Crippen molar-refractivity contribution in [1.82, 2.24) is 4.90 Å². The molecule has 0 radical (unpaired) electrons. The highest BCUT2D eigenvalue weighted by Crippen LogP contribution is 2.46. The van der Waals surface area contributed by atoms with Crippen LogP contribution in [0.1, 0.15) is 39.6 Å². The summed E-state index contributed by atoms with van der Waals surface area (Å²) in [7, 11) is -0.411. The van der Waals surface area contributed by atoms with E-state index in [1.807, 2.05) is 11.8 Å². The van der Waals surface area contributed by atoms with Gasteiger partial charge in [-0.05, 0) is 64.9 Å². The summed E-state index contributed by atoms with van der Waals surface area (Å²) in [5, 5.41) is 0. The Morgan fingerprint density at radius 2 is 1.96 bits per heavy atom. The van der Waals surface area contributed by atoms with E-state index in [0.29, 0.717) is 17.2 Å². The van der Waals surface area contributed by atoms with Gasteiger partial charge < -0.3 is 18.8 Å². The van der Waals surface area contributed by atoms with E-state index in [9.17, 15) is 9.36 Å². The van der Waals surface area contributed by atoms with Crippen LogP contribution in [-0.2, 0) is 4.57 Å². The van der Waals surface area contributed by atoms with Crippen LogP contribution in [0, 0.1) is 13.8 Å². The van der Waals surface area contributed by atoms with E-state index in [0.717, 1.165) is 30.8 Å². The number of amides is 1. The molecule has 2 aliphatic heterocycles. The molecule has 2 atom stereocenters. The van der Waals surface area contributed by atoms with Crippen molar-refractivity contribution in [3.05, 3.63) is 46.7 Å². The number of carbonyl (C=O) groups is 1. The molecule has 3 heterocycles. The van der Waals surface area contributed by atoms with Crippen LogP contribution >= 0.6 is 7.14 Å². The fourth-order valence-electron chi connectivity index (χ4n) is 4.40. The number of rotatable bonds is 2. The van der Waals surface area contributed by atoms with E-state index in [4.69, 9.17) is 4.42 Å². The molecule has 1 fully saturated rings. The Morgan fingerprint density at radius 1 is 1.22 bits per heavy atom. The summed E-state index contributed by atoms with van der Waals surface area (Å²) in [5.41, 5.74) is 4.63. The zero-order valence-electron chi connectivity index (χ0n) is 16.7. The molecular formula is C21H27N2O3P. The average Bonchev–Trinajstić information content (AvgIpc) is 3.12. The van der Waals surface area contributed by atoms with Crippen molar-refractivity contribution in [2.75, 3.05) is 38.4 Å². The monoisotopic (exact) mass is 386 g/mol. The molecule has 27 heavy (non-hydrogen) atoms. The van der Waals surface area contributed by atoms with Gasteiger partial charge in [-0.25, -0.2) is 0 Å². The minimum Gasteiger partial charge on any atom is -0.448 e. The normalized spacial score (nSPS) is 22.6. The largest absolute Gasteiger partial charge is 0.448 e. The van der Waals surface area contributed by atoms with E-state index in [-0.39, 0.29) is 11.9 Å². The molecule has 1 aromatic carbocycles. The van der Waals surface area contributed by atoms with E-state index < -0.39 is 7.14 Å². The number of nitrogens with zero attached hydrogens (tertiary/aromatic N) is 2. The number of aryl methyl sites for hydroxylation is 2. The van der Waals surface area contributed by atoms with Gasteiger partial charge >= 0.3 is 0 Å². The number of likely N-dealkylation sites (N-methyl/N-ethyl adjacent to an activating group) is 1. The number of piperidine rings is 1. The number of likely N-dealkylation sites (tertiary alicyclic amines) is 1. The zero-order chi connectivity index (χ0) is 19.5. The Morgan fingerprint density at radius 3 is 2.63 bits per heavy atom. The second-order valence-corrected chi connectivity index (χ2v) is 11.6. The Labute approximate surface area is 160 Å². The molecule has 6 heteroatoms. The Bertz CT molecular complexity index is 958. The second kappa shape index (κ2) is 6.35. The smallest absolute Gasteiger partial charge is 0.294 e. The first-order chi connectivity index (χ1) is 12.7.